The molecule has 0 aliphatic heterocycles. The Kier molecular flexibility index (Phi) is 8.30. The molecule has 0 aromatic carbocycles. The van der Waals surface area contributed by atoms with E-state index >= 15 is 0 Å². The van der Waals surface area contributed by atoms with Crippen LogP contribution in [0.3, 0.4) is 0 Å². The van der Waals surface area contributed by atoms with Crippen molar-refractivity contribution in [2.45, 2.75) is 26.1 Å². The number of alkyl halides is 3. The van der Waals surface area contributed by atoms with Crippen molar-refractivity contribution in [2.75, 3.05) is 13.6 Å². The van der Waals surface area contributed by atoms with Gasteiger partial charge in [0.1, 0.15) is 5.01 Å². The normalized spacial score (nSPS) is 11.9. The molecule has 9 heteroatoms. The van der Waals surface area contributed by atoms with Gasteiger partial charge in [0.2, 0.25) is 0 Å². The number of halogens is 4. The molecule has 110 valence electrons. The average molecular weight is 408 g/mol. The van der Waals surface area contributed by atoms with Gasteiger partial charge in [0, 0.05) is 24.7 Å². The van der Waals surface area contributed by atoms with E-state index in [1.807, 2.05) is 6.92 Å². The van der Waals surface area contributed by atoms with Gasteiger partial charge < -0.3 is 10.6 Å². The number of rotatable bonds is 4. The van der Waals surface area contributed by atoms with E-state index in [9.17, 15) is 13.2 Å². The summed E-state index contributed by atoms with van der Waals surface area (Å²) in [6.07, 6.45) is -3.29. The molecular weight excluding hydrogens is 392 g/mol. The Labute approximate surface area is 130 Å². The molecule has 0 aliphatic carbocycles. The van der Waals surface area contributed by atoms with Gasteiger partial charge in [-0.05, 0) is 6.92 Å². The second-order valence-electron chi connectivity index (χ2n) is 3.58. The molecule has 2 N–H and O–H groups in total. The third-order valence-electron chi connectivity index (χ3n) is 2.00. The fourth-order valence-corrected chi connectivity index (χ4v) is 1.91. The lowest BCUT2D eigenvalue weighted by Crippen LogP contribution is -2.38. The Bertz CT molecular complexity index is 406. The first kappa shape index (κ1) is 18.4. The molecule has 0 spiro atoms. The van der Waals surface area contributed by atoms with Crippen molar-refractivity contribution in [1.82, 2.24) is 15.6 Å². The van der Waals surface area contributed by atoms with Crippen LogP contribution in [0.1, 0.15) is 16.3 Å². The van der Waals surface area contributed by atoms with E-state index in [1.54, 1.807) is 6.20 Å². The molecule has 0 saturated carbocycles. The van der Waals surface area contributed by atoms with Crippen LogP contribution in [-0.2, 0) is 6.54 Å². The van der Waals surface area contributed by atoms with E-state index in [0.717, 1.165) is 9.88 Å². The number of guanidine groups is 1. The predicted molar refractivity (Wildman–Crippen MR) is 81.1 cm³/mol. The summed E-state index contributed by atoms with van der Waals surface area (Å²) >= 11 is 1.53. The number of aliphatic imine (C=N–C) groups is 1. The molecule has 1 heterocycles. The second-order valence-corrected chi connectivity index (χ2v) is 4.90. The molecule has 19 heavy (non-hydrogen) atoms. The van der Waals surface area contributed by atoms with Crippen molar-refractivity contribution in [3.8, 4) is 0 Å². The van der Waals surface area contributed by atoms with Crippen LogP contribution in [-0.4, -0.2) is 30.7 Å². The number of nitrogens with one attached hydrogen (secondary N) is 2. The summed E-state index contributed by atoms with van der Waals surface area (Å²) in [6.45, 7) is 2.20. The van der Waals surface area contributed by atoms with Crippen molar-refractivity contribution in [3.63, 3.8) is 0 Å². The molecule has 0 saturated heterocycles. The van der Waals surface area contributed by atoms with E-state index in [0.29, 0.717) is 12.5 Å². The SMILES string of the molecule is CN=C(NCCC(F)(F)F)NCc1ncc(C)s1.I. The van der Waals surface area contributed by atoms with Crippen LogP contribution in [0.25, 0.3) is 0 Å². The molecule has 0 radical (unpaired) electrons. The number of aryl methyl sites for hydroxylation is 1. The van der Waals surface area contributed by atoms with E-state index in [1.165, 1.54) is 18.4 Å². The van der Waals surface area contributed by atoms with Gasteiger partial charge in [-0.2, -0.15) is 13.2 Å². The molecule has 0 bridgehead atoms. The standard InChI is InChI=1S/C10H15F3N4S.HI/c1-7-5-16-8(18-7)6-17-9(14-2)15-4-3-10(11,12)13;/h5H,3-4,6H2,1-2H3,(H2,14,15,17);1H. The van der Waals surface area contributed by atoms with Crippen LogP contribution in [0.5, 0.6) is 0 Å². The van der Waals surface area contributed by atoms with E-state index in [-0.39, 0.29) is 30.5 Å². The minimum Gasteiger partial charge on any atom is -0.356 e. The summed E-state index contributed by atoms with van der Waals surface area (Å²) in [5.74, 6) is 0.340. The Morgan fingerprint density at radius 1 is 1.42 bits per heavy atom. The summed E-state index contributed by atoms with van der Waals surface area (Å²) in [4.78, 5) is 9.06. The maximum atomic E-state index is 12.0. The van der Waals surface area contributed by atoms with Crippen LogP contribution in [0.2, 0.25) is 0 Å². The zero-order valence-corrected chi connectivity index (χ0v) is 13.7. The zero-order valence-electron chi connectivity index (χ0n) is 10.5. The summed E-state index contributed by atoms with van der Waals surface area (Å²) in [5.41, 5.74) is 0. The molecule has 0 fully saturated rings. The van der Waals surface area contributed by atoms with Gasteiger partial charge in [0.25, 0.3) is 0 Å². The zero-order chi connectivity index (χ0) is 13.6. The van der Waals surface area contributed by atoms with E-state index in [2.05, 4.69) is 20.6 Å². The molecule has 0 aliphatic rings. The molecule has 1 aromatic rings. The highest BCUT2D eigenvalue weighted by molar-refractivity contribution is 14.0. The Balaban J connectivity index is 0.00000324. The van der Waals surface area contributed by atoms with Gasteiger partial charge in [-0.25, -0.2) is 4.98 Å². The predicted octanol–water partition coefficient (Wildman–Crippen LogP) is 2.69. The van der Waals surface area contributed by atoms with Gasteiger partial charge >= 0.3 is 6.18 Å². The summed E-state index contributed by atoms with van der Waals surface area (Å²) in [6, 6.07) is 0. The molecular formula is C10H16F3IN4S. The fourth-order valence-electron chi connectivity index (χ4n) is 1.19. The van der Waals surface area contributed by atoms with Gasteiger partial charge in [0.05, 0.1) is 13.0 Å². The second kappa shape index (κ2) is 8.56. The van der Waals surface area contributed by atoms with Crippen molar-refractivity contribution in [2.24, 2.45) is 4.99 Å². The lowest BCUT2D eigenvalue weighted by molar-refractivity contribution is -0.132. The van der Waals surface area contributed by atoms with Crippen LogP contribution in [0.4, 0.5) is 13.2 Å². The number of nitrogens with zero attached hydrogens (tertiary/aromatic N) is 2. The largest absolute Gasteiger partial charge is 0.390 e. The average Bonchev–Trinajstić information content (AvgIpc) is 2.67. The summed E-state index contributed by atoms with van der Waals surface area (Å²) < 4.78 is 35.9. The Morgan fingerprint density at radius 2 is 2.11 bits per heavy atom. The first-order valence-corrected chi connectivity index (χ1v) is 6.15. The van der Waals surface area contributed by atoms with Crippen LogP contribution < -0.4 is 10.6 Å². The van der Waals surface area contributed by atoms with Gasteiger partial charge in [-0.1, -0.05) is 0 Å². The third kappa shape index (κ3) is 8.24. The first-order chi connectivity index (χ1) is 8.40. The molecule has 0 amide bonds. The summed E-state index contributed by atoms with van der Waals surface area (Å²) in [7, 11) is 1.51. The highest BCUT2D eigenvalue weighted by Gasteiger charge is 2.26. The Hall–Kier alpha value is -0.580. The molecule has 1 rings (SSSR count). The quantitative estimate of drug-likeness (QED) is 0.458. The van der Waals surface area contributed by atoms with Gasteiger partial charge in [0.15, 0.2) is 5.96 Å². The Morgan fingerprint density at radius 3 is 2.58 bits per heavy atom. The van der Waals surface area contributed by atoms with Crippen LogP contribution >= 0.6 is 35.3 Å². The topological polar surface area (TPSA) is 49.3 Å². The van der Waals surface area contributed by atoms with Gasteiger partial charge in [-0.15, -0.1) is 35.3 Å². The maximum Gasteiger partial charge on any atom is 0.390 e. The van der Waals surface area contributed by atoms with Crippen molar-refractivity contribution in [3.05, 3.63) is 16.1 Å². The van der Waals surface area contributed by atoms with Crippen molar-refractivity contribution < 1.29 is 13.2 Å². The molecule has 0 unspecified atom stereocenters. The first-order valence-electron chi connectivity index (χ1n) is 5.33. The lowest BCUT2D eigenvalue weighted by Gasteiger charge is -2.11. The molecule has 4 nitrogen and oxygen atoms in total. The van der Waals surface area contributed by atoms with Crippen LogP contribution in [0, 0.1) is 6.92 Å². The minimum atomic E-state index is -4.15. The molecule has 1 aromatic heterocycles. The van der Waals surface area contributed by atoms with Crippen molar-refractivity contribution in [1.29, 1.82) is 0 Å². The minimum absolute atomic E-state index is 0. The van der Waals surface area contributed by atoms with E-state index < -0.39 is 12.6 Å². The number of thiazole rings is 1. The van der Waals surface area contributed by atoms with Crippen molar-refractivity contribution >= 4 is 41.3 Å². The summed E-state index contributed by atoms with van der Waals surface area (Å²) in [5, 5.41) is 6.37. The molecule has 0 atom stereocenters. The number of hydrogen-bond acceptors (Lipinski definition) is 3. The fraction of sp³-hybridized carbons (Fsp3) is 0.600. The highest BCUT2D eigenvalue weighted by atomic mass is 127. The number of aromatic nitrogens is 1. The third-order valence-corrected chi connectivity index (χ3v) is 2.91. The maximum absolute atomic E-state index is 12.0. The van der Waals surface area contributed by atoms with E-state index in [4.69, 9.17) is 0 Å². The van der Waals surface area contributed by atoms with Crippen LogP contribution in [0.15, 0.2) is 11.2 Å². The monoisotopic (exact) mass is 408 g/mol. The van der Waals surface area contributed by atoms with Gasteiger partial charge in [-0.3, -0.25) is 4.99 Å². The highest BCUT2D eigenvalue weighted by Crippen LogP contribution is 2.18. The lowest BCUT2D eigenvalue weighted by atomic mass is 10.4. The number of hydrogen-bond donors (Lipinski definition) is 2. The smallest absolute Gasteiger partial charge is 0.356 e.